The average Bonchev–Trinajstić information content (AvgIpc) is 2.46. The van der Waals surface area contributed by atoms with Crippen molar-refractivity contribution in [3.8, 4) is 17.2 Å². The van der Waals surface area contributed by atoms with Gasteiger partial charge in [0.25, 0.3) is 0 Å². The molecule has 0 aliphatic rings. The number of methoxy groups -OCH3 is 2. The van der Waals surface area contributed by atoms with Crippen molar-refractivity contribution in [3.05, 3.63) is 18.2 Å². The summed E-state index contributed by atoms with van der Waals surface area (Å²) in [7, 11) is 4.74. The number of carbonyl (C=O) groups is 1. The van der Waals surface area contributed by atoms with Gasteiger partial charge in [0.2, 0.25) is 0 Å². The van der Waals surface area contributed by atoms with E-state index in [4.69, 9.17) is 14.2 Å². The summed E-state index contributed by atoms with van der Waals surface area (Å²) < 4.78 is 16.1. The van der Waals surface area contributed by atoms with Crippen molar-refractivity contribution in [2.45, 2.75) is 31.9 Å². The minimum atomic E-state index is -1.04. The first-order valence-electron chi connectivity index (χ1n) is 6.66. The van der Waals surface area contributed by atoms with Crippen LogP contribution in [0.2, 0.25) is 0 Å². The molecule has 1 rings (SSSR count). The Kier molecular flexibility index (Phi) is 5.84. The van der Waals surface area contributed by atoms with Crippen molar-refractivity contribution in [1.82, 2.24) is 5.32 Å². The lowest BCUT2D eigenvalue weighted by Crippen LogP contribution is -2.50. The smallest absolute Gasteiger partial charge is 0.323 e. The lowest BCUT2D eigenvalue weighted by molar-refractivity contribution is -0.145. The van der Waals surface area contributed by atoms with E-state index >= 15 is 0 Å². The number of nitrogens with one attached hydrogen (secondary N) is 1. The van der Waals surface area contributed by atoms with Gasteiger partial charge in [0.1, 0.15) is 22.8 Å². The Labute approximate surface area is 125 Å². The van der Waals surface area contributed by atoms with Crippen molar-refractivity contribution in [3.63, 3.8) is 0 Å². The van der Waals surface area contributed by atoms with Crippen molar-refractivity contribution in [2.75, 3.05) is 21.3 Å². The Balaban J connectivity index is 2.83. The van der Waals surface area contributed by atoms with Crippen molar-refractivity contribution < 1.29 is 24.1 Å². The molecule has 0 bridgehead atoms. The average molecular weight is 297 g/mol. The molecule has 0 aliphatic heterocycles. The van der Waals surface area contributed by atoms with Crippen LogP contribution in [0.15, 0.2) is 18.2 Å². The van der Waals surface area contributed by atoms with Crippen LogP contribution >= 0.6 is 0 Å². The van der Waals surface area contributed by atoms with E-state index in [0.29, 0.717) is 23.7 Å². The van der Waals surface area contributed by atoms with Crippen molar-refractivity contribution in [1.29, 1.82) is 0 Å². The summed E-state index contributed by atoms with van der Waals surface area (Å²) in [5, 5.41) is 12.1. The number of hydrogen-bond acceptors (Lipinski definition) is 5. The van der Waals surface area contributed by atoms with Gasteiger partial charge in [-0.05, 0) is 20.9 Å². The first kappa shape index (κ1) is 17.1. The molecule has 2 unspecified atom stereocenters. The van der Waals surface area contributed by atoms with E-state index in [9.17, 15) is 9.90 Å². The van der Waals surface area contributed by atoms with Gasteiger partial charge in [-0.2, -0.15) is 0 Å². The number of ether oxygens (including phenoxy) is 3. The third-order valence-electron chi connectivity index (χ3n) is 3.38. The summed E-state index contributed by atoms with van der Waals surface area (Å²) in [6, 6.07) is 5.21. The van der Waals surface area contributed by atoms with Crippen LogP contribution in [0.5, 0.6) is 17.2 Å². The van der Waals surface area contributed by atoms with Gasteiger partial charge in [0.05, 0.1) is 20.3 Å². The quantitative estimate of drug-likeness (QED) is 0.763. The van der Waals surface area contributed by atoms with Gasteiger partial charge < -0.3 is 24.6 Å². The minimum absolute atomic E-state index is 0.296. The second-order valence-corrected chi connectivity index (χ2v) is 5.07. The topological polar surface area (TPSA) is 77.0 Å². The van der Waals surface area contributed by atoms with Crippen molar-refractivity contribution in [2.24, 2.45) is 0 Å². The van der Waals surface area contributed by atoms with Gasteiger partial charge in [-0.1, -0.05) is 0 Å². The maximum atomic E-state index is 11.3. The Hall–Kier alpha value is -1.95. The van der Waals surface area contributed by atoms with E-state index in [-0.39, 0.29) is 6.10 Å². The van der Waals surface area contributed by atoms with E-state index in [1.165, 1.54) is 0 Å². The molecule has 6 heteroatoms. The van der Waals surface area contributed by atoms with Gasteiger partial charge in [-0.3, -0.25) is 4.79 Å². The third-order valence-corrected chi connectivity index (χ3v) is 3.38. The number of carboxylic acids is 1. The molecule has 21 heavy (non-hydrogen) atoms. The van der Waals surface area contributed by atoms with Gasteiger partial charge >= 0.3 is 5.97 Å². The molecule has 0 saturated carbocycles. The Bertz CT molecular complexity index is 469. The fourth-order valence-corrected chi connectivity index (χ4v) is 1.99. The van der Waals surface area contributed by atoms with Crippen LogP contribution in [-0.4, -0.2) is 44.0 Å². The maximum Gasteiger partial charge on any atom is 0.323 e. The number of carboxylic acid groups (broad SMARTS) is 1. The summed E-state index contributed by atoms with van der Waals surface area (Å²) >= 11 is 0. The van der Waals surface area contributed by atoms with Crippen LogP contribution in [0.25, 0.3) is 0 Å². The maximum absolute atomic E-state index is 11.3. The molecule has 1 aromatic rings. The lowest BCUT2D eigenvalue weighted by atomic mass is 9.95. The fraction of sp³-hybridized carbons (Fsp3) is 0.533. The number of likely N-dealkylation sites (N-methyl/N-ethyl adjacent to an activating group) is 1. The zero-order chi connectivity index (χ0) is 16.0. The fourth-order valence-electron chi connectivity index (χ4n) is 1.99. The summed E-state index contributed by atoms with van der Waals surface area (Å²) in [5.41, 5.74) is -1.04. The molecule has 0 amide bonds. The molecule has 0 radical (unpaired) electrons. The van der Waals surface area contributed by atoms with Crippen LogP contribution in [0.4, 0.5) is 0 Å². The predicted molar refractivity (Wildman–Crippen MR) is 79.4 cm³/mol. The Morgan fingerprint density at radius 3 is 2.10 bits per heavy atom. The first-order chi connectivity index (χ1) is 9.84. The molecule has 0 aliphatic carbocycles. The molecular formula is C15H23NO5. The van der Waals surface area contributed by atoms with E-state index in [2.05, 4.69) is 5.32 Å². The van der Waals surface area contributed by atoms with Crippen LogP contribution in [-0.2, 0) is 4.79 Å². The van der Waals surface area contributed by atoms with E-state index < -0.39 is 11.5 Å². The third kappa shape index (κ3) is 4.53. The Morgan fingerprint density at radius 1 is 1.24 bits per heavy atom. The molecule has 0 aromatic heterocycles. The largest absolute Gasteiger partial charge is 0.496 e. The van der Waals surface area contributed by atoms with Crippen LogP contribution in [0.1, 0.15) is 20.3 Å². The number of aliphatic carboxylic acids is 1. The van der Waals surface area contributed by atoms with E-state index in [0.717, 1.165) is 0 Å². The summed E-state index contributed by atoms with van der Waals surface area (Å²) in [6.45, 7) is 3.45. The molecule has 2 N–H and O–H groups in total. The minimum Gasteiger partial charge on any atom is -0.496 e. The molecule has 6 nitrogen and oxygen atoms in total. The zero-order valence-electron chi connectivity index (χ0n) is 13.1. The summed E-state index contributed by atoms with van der Waals surface area (Å²) in [5.74, 6) is 0.892. The summed E-state index contributed by atoms with van der Waals surface area (Å²) in [4.78, 5) is 11.3. The number of rotatable bonds is 8. The van der Waals surface area contributed by atoms with Gasteiger partial charge in [0.15, 0.2) is 0 Å². The van der Waals surface area contributed by atoms with Gasteiger partial charge in [0, 0.05) is 24.6 Å². The molecule has 1 aromatic carbocycles. The monoisotopic (exact) mass is 297 g/mol. The zero-order valence-corrected chi connectivity index (χ0v) is 13.1. The Morgan fingerprint density at radius 2 is 1.71 bits per heavy atom. The van der Waals surface area contributed by atoms with Crippen molar-refractivity contribution >= 4 is 5.97 Å². The predicted octanol–water partition coefficient (Wildman–Crippen LogP) is 1.92. The van der Waals surface area contributed by atoms with Gasteiger partial charge in [-0.25, -0.2) is 0 Å². The molecule has 2 atom stereocenters. The molecule has 0 spiro atoms. The highest BCUT2D eigenvalue weighted by Gasteiger charge is 2.33. The molecule has 0 heterocycles. The van der Waals surface area contributed by atoms with E-state index in [1.54, 1.807) is 46.4 Å². The SMILES string of the molecule is CNC(C)(CC(C)Oc1cc(OC)cc(OC)c1)C(=O)O. The van der Waals surface area contributed by atoms with E-state index in [1.807, 2.05) is 6.92 Å². The van der Waals surface area contributed by atoms with Crippen LogP contribution in [0.3, 0.4) is 0 Å². The number of hydrogen-bond donors (Lipinski definition) is 2. The second kappa shape index (κ2) is 7.17. The highest BCUT2D eigenvalue weighted by Crippen LogP contribution is 2.29. The molecule has 118 valence electrons. The molecular weight excluding hydrogens is 274 g/mol. The number of benzene rings is 1. The lowest BCUT2D eigenvalue weighted by Gasteiger charge is -2.28. The summed E-state index contributed by atoms with van der Waals surface area (Å²) in [6.07, 6.45) is 0.0219. The second-order valence-electron chi connectivity index (χ2n) is 5.07. The first-order valence-corrected chi connectivity index (χ1v) is 6.66. The normalized spacial score (nSPS) is 14.9. The standard InChI is InChI=1S/C15H23NO5/c1-10(9-15(2,16-3)14(17)18)21-13-7-11(19-4)6-12(8-13)20-5/h6-8,10,16H,9H2,1-5H3,(H,17,18). The molecule has 0 saturated heterocycles. The van der Waals surface area contributed by atoms with Crippen LogP contribution < -0.4 is 19.5 Å². The van der Waals surface area contributed by atoms with Gasteiger partial charge in [-0.15, -0.1) is 0 Å². The highest BCUT2D eigenvalue weighted by molar-refractivity contribution is 5.78. The highest BCUT2D eigenvalue weighted by atomic mass is 16.5. The van der Waals surface area contributed by atoms with Crippen LogP contribution in [0, 0.1) is 0 Å². The molecule has 0 fully saturated rings.